The molecule has 1 N–H and O–H groups in total. The number of nitrogens with zero attached hydrogens (tertiary/aromatic N) is 2. The molecule has 0 atom stereocenters. The van der Waals surface area contributed by atoms with Gasteiger partial charge in [0.1, 0.15) is 22.9 Å². The summed E-state index contributed by atoms with van der Waals surface area (Å²) < 4.78 is 65.7. The Morgan fingerprint density at radius 2 is 1.93 bits per heavy atom. The molecule has 0 radical (unpaired) electrons. The zero-order valence-electron chi connectivity index (χ0n) is 15.4. The van der Waals surface area contributed by atoms with Crippen molar-refractivity contribution < 1.29 is 31.8 Å². The minimum absolute atomic E-state index is 0.00614. The van der Waals surface area contributed by atoms with Gasteiger partial charge in [0.15, 0.2) is 5.69 Å². The van der Waals surface area contributed by atoms with Gasteiger partial charge in [0, 0.05) is 10.5 Å². The first-order valence-corrected chi connectivity index (χ1v) is 8.90. The number of hydrogen-bond acceptors (Lipinski definition) is 4. The number of ether oxygens (including phenoxy) is 2. The number of amides is 1. The van der Waals surface area contributed by atoms with Gasteiger partial charge in [-0.25, -0.2) is 13.9 Å². The second-order valence-corrected chi connectivity index (χ2v) is 7.47. The van der Waals surface area contributed by atoms with Gasteiger partial charge < -0.3 is 9.47 Å². The third kappa shape index (κ3) is 5.15. The number of carbonyl (C=O) groups is 1. The van der Waals surface area contributed by atoms with E-state index in [2.05, 4.69) is 26.3 Å². The van der Waals surface area contributed by atoms with Crippen molar-refractivity contribution in [2.45, 2.75) is 39.5 Å². The Morgan fingerprint density at radius 1 is 1.29 bits per heavy atom. The van der Waals surface area contributed by atoms with Crippen LogP contribution in [-0.4, -0.2) is 28.1 Å². The lowest BCUT2D eigenvalue weighted by molar-refractivity contribution is -0.142. The molecule has 0 spiro atoms. The SMILES string of the molecule is CCOc1cc(F)cc(Br)c1-n1ncc(NC(=O)OC(C)(C)C)c1C(F)(F)F. The molecule has 0 unspecified atom stereocenters. The average Bonchev–Trinajstić information content (AvgIpc) is 2.88. The number of alkyl halides is 3. The van der Waals surface area contributed by atoms with Gasteiger partial charge >= 0.3 is 12.3 Å². The minimum Gasteiger partial charge on any atom is -0.491 e. The molecule has 0 aliphatic carbocycles. The fourth-order valence-corrected chi connectivity index (χ4v) is 2.89. The molecule has 1 aromatic carbocycles. The molecular weight excluding hydrogens is 450 g/mol. The van der Waals surface area contributed by atoms with Gasteiger partial charge in [0.05, 0.1) is 18.5 Å². The Bertz CT molecular complexity index is 876. The first-order valence-electron chi connectivity index (χ1n) is 8.11. The number of hydrogen-bond donors (Lipinski definition) is 1. The third-order valence-electron chi connectivity index (χ3n) is 3.18. The predicted octanol–water partition coefficient (Wildman–Crippen LogP) is 5.54. The van der Waals surface area contributed by atoms with Gasteiger partial charge in [-0.1, -0.05) is 0 Å². The fourth-order valence-electron chi connectivity index (χ4n) is 2.31. The van der Waals surface area contributed by atoms with E-state index >= 15 is 0 Å². The highest BCUT2D eigenvalue weighted by atomic mass is 79.9. The highest BCUT2D eigenvalue weighted by Crippen LogP contribution is 2.40. The van der Waals surface area contributed by atoms with Crippen molar-refractivity contribution in [2.75, 3.05) is 11.9 Å². The molecule has 1 heterocycles. The summed E-state index contributed by atoms with van der Waals surface area (Å²) in [5, 5.41) is 5.78. The van der Waals surface area contributed by atoms with Gasteiger partial charge in [-0.15, -0.1) is 0 Å². The lowest BCUT2D eigenvalue weighted by Gasteiger charge is -2.20. The summed E-state index contributed by atoms with van der Waals surface area (Å²) in [6.45, 7) is 6.42. The maximum absolute atomic E-state index is 13.8. The fraction of sp³-hybridized carbons (Fsp3) is 0.412. The van der Waals surface area contributed by atoms with Crippen molar-refractivity contribution in [1.82, 2.24) is 9.78 Å². The number of aromatic nitrogens is 2. The van der Waals surface area contributed by atoms with Crippen molar-refractivity contribution in [3.63, 3.8) is 0 Å². The van der Waals surface area contributed by atoms with Crippen LogP contribution < -0.4 is 10.1 Å². The number of anilines is 1. The van der Waals surface area contributed by atoms with E-state index < -0.39 is 35.1 Å². The van der Waals surface area contributed by atoms with Crippen LogP contribution in [0, 0.1) is 5.82 Å². The van der Waals surface area contributed by atoms with Crippen molar-refractivity contribution in [3.8, 4) is 11.4 Å². The zero-order chi connectivity index (χ0) is 21.3. The molecule has 0 saturated heterocycles. The summed E-state index contributed by atoms with van der Waals surface area (Å²) in [7, 11) is 0. The highest BCUT2D eigenvalue weighted by Gasteiger charge is 2.40. The number of rotatable bonds is 4. The number of halogens is 5. The Hall–Kier alpha value is -2.30. The van der Waals surface area contributed by atoms with Crippen LogP contribution in [0.15, 0.2) is 22.8 Å². The van der Waals surface area contributed by atoms with Gasteiger partial charge in [-0.2, -0.15) is 18.3 Å². The van der Waals surface area contributed by atoms with E-state index in [-0.39, 0.29) is 22.5 Å². The van der Waals surface area contributed by atoms with Crippen LogP contribution in [0.1, 0.15) is 33.4 Å². The van der Waals surface area contributed by atoms with Crippen molar-refractivity contribution in [3.05, 3.63) is 34.3 Å². The molecule has 2 aromatic rings. The van der Waals surface area contributed by atoms with Crippen LogP contribution in [0.2, 0.25) is 0 Å². The smallest absolute Gasteiger partial charge is 0.435 e. The quantitative estimate of drug-likeness (QED) is 0.599. The maximum Gasteiger partial charge on any atom is 0.435 e. The first kappa shape index (κ1) is 22.0. The van der Waals surface area contributed by atoms with E-state index in [0.29, 0.717) is 4.68 Å². The number of carbonyl (C=O) groups excluding carboxylic acids is 1. The van der Waals surface area contributed by atoms with Crippen LogP contribution >= 0.6 is 15.9 Å². The summed E-state index contributed by atoms with van der Waals surface area (Å²) in [6.07, 6.45) is -5.13. The van der Waals surface area contributed by atoms with Gasteiger partial charge in [-0.3, -0.25) is 5.32 Å². The van der Waals surface area contributed by atoms with Crippen LogP contribution in [-0.2, 0) is 10.9 Å². The first-order chi connectivity index (χ1) is 12.8. The summed E-state index contributed by atoms with van der Waals surface area (Å²) in [5.41, 5.74) is -2.94. The van der Waals surface area contributed by atoms with Crippen LogP contribution in [0.4, 0.5) is 28.0 Å². The molecular formula is C17H18BrF4N3O3. The van der Waals surface area contributed by atoms with Crippen LogP contribution in [0.25, 0.3) is 5.69 Å². The second kappa shape index (κ2) is 7.98. The lowest BCUT2D eigenvalue weighted by Crippen LogP contribution is -2.28. The molecule has 0 fully saturated rings. The molecule has 0 aliphatic heterocycles. The van der Waals surface area contributed by atoms with E-state index in [1.807, 2.05) is 0 Å². The Balaban J connectivity index is 2.59. The summed E-state index contributed by atoms with van der Waals surface area (Å²) in [4.78, 5) is 11.9. The molecule has 28 heavy (non-hydrogen) atoms. The predicted molar refractivity (Wildman–Crippen MR) is 97.2 cm³/mol. The lowest BCUT2D eigenvalue weighted by atomic mass is 10.2. The van der Waals surface area contributed by atoms with Crippen molar-refractivity contribution in [2.24, 2.45) is 0 Å². The molecule has 0 bridgehead atoms. The monoisotopic (exact) mass is 467 g/mol. The van der Waals surface area contributed by atoms with E-state index in [1.54, 1.807) is 27.7 Å². The summed E-state index contributed by atoms with van der Waals surface area (Å²) in [6, 6.07) is 1.94. The summed E-state index contributed by atoms with van der Waals surface area (Å²) >= 11 is 3.05. The number of nitrogens with one attached hydrogen (secondary N) is 1. The molecule has 11 heteroatoms. The minimum atomic E-state index is -4.89. The van der Waals surface area contributed by atoms with Crippen LogP contribution in [0.3, 0.4) is 0 Å². The van der Waals surface area contributed by atoms with E-state index in [1.165, 1.54) is 0 Å². The largest absolute Gasteiger partial charge is 0.491 e. The topological polar surface area (TPSA) is 65.4 Å². The van der Waals surface area contributed by atoms with E-state index in [4.69, 9.17) is 9.47 Å². The molecule has 1 amide bonds. The highest BCUT2D eigenvalue weighted by molar-refractivity contribution is 9.10. The average molecular weight is 468 g/mol. The normalized spacial score (nSPS) is 12.0. The third-order valence-corrected chi connectivity index (χ3v) is 3.78. The Morgan fingerprint density at radius 3 is 2.46 bits per heavy atom. The van der Waals surface area contributed by atoms with Gasteiger partial charge in [0.25, 0.3) is 0 Å². The molecule has 0 aliphatic rings. The Kier molecular flexibility index (Phi) is 6.27. The van der Waals surface area contributed by atoms with Gasteiger partial charge in [-0.05, 0) is 49.7 Å². The summed E-state index contributed by atoms with van der Waals surface area (Å²) in [5.74, 6) is -0.848. The van der Waals surface area contributed by atoms with E-state index in [9.17, 15) is 22.4 Å². The number of benzene rings is 1. The molecule has 154 valence electrons. The van der Waals surface area contributed by atoms with Gasteiger partial charge in [0.2, 0.25) is 0 Å². The Labute approximate surface area is 166 Å². The van der Waals surface area contributed by atoms with Crippen LogP contribution in [0.5, 0.6) is 5.75 Å². The standard InChI is InChI=1S/C17H18BrF4N3O3/c1-5-27-12-7-9(19)6-10(18)13(12)25-14(17(20,21)22)11(8-23-25)24-15(26)28-16(2,3)4/h6-8H,5H2,1-4H3,(H,24,26). The molecule has 0 saturated carbocycles. The molecule has 2 rings (SSSR count). The second-order valence-electron chi connectivity index (χ2n) is 6.61. The van der Waals surface area contributed by atoms with Crippen molar-refractivity contribution in [1.29, 1.82) is 0 Å². The zero-order valence-corrected chi connectivity index (χ0v) is 17.0. The molecule has 6 nitrogen and oxygen atoms in total. The van der Waals surface area contributed by atoms with E-state index in [0.717, 1.165) is 18.3 Å². The van der Waals surface area contributed by atoms with Crippen molar-refractivity contribution >= 4 is 27.7 Å². The molecule has 1 aromatic heterocycles. The maximum atomic E-state index is 13.8.